The number of aromatic nitrogens is 2. The zero-order valence-corrected chi connectivity index (χ0v) is 11.6. The minimum atomic E-state index is -0.701. The number of nitrogens with zero attached hydrogens (tertiary/aromatic N) is 3. The molecule has 1 aliphatic heterocycles. The third-order valence-corrected chi connectivity index (χ3v) is 3.87. The van der Waals surface area contributed by atoms with Crippen LogP contribution >= 0.6 is 0 Å². The first-order chi connectivity index (χ1) is 9.08. The molecule has 1 saturated heterocycles. The van der Waals surface area contributed by atoms with Crippen molar-refractivity contribution in [2.75, 3.05) is 6.54 Å². The summed E-state index contributed by atoms with van der Waals surface area (Å²) < 4.78 is 0. The molecule has 1 aromatic rings. The van der Waals surface area contributed by atoms with Gasteiger partial charge in [0.15, 0.2) is 0 Å². The molecule has 0 radical (unpaired) electrons. The van der Waals surface area contributed by atoms with Crippen LogP contribution < -0.4 is 0 Å². The average Bonchev–Trinajstić information content (AvgIpc) is 2.74. The first-order valence-corrected chi connectivity index (χ1v) is 6.85. The fraction of sp³-hybridized carbons (Fsp3) is 0.643. The lowest BCUT2D eigenvalue weighted by molar-refractivity contribution is -0.150. The Labute approximate surface area is 113 Å². The Morgan fingerprint density at radius 3 is 3.00 bits per heavy atom. The smallest absolute Gasteiger partial charge is 0.324 e. The summed E-state index contributed by atoms with van der Waals surface area (Å²) in [6.45, 7) is 5.31. The minimum Gasteiger partial charge on any atom is -0.480 e. The van der Waals surface area contributed by atoms with Crippen molar-refractivity contribution in [3.63, 3.8) is 0 Å². The van der Waals surface area contributed by atoms with E-state index < -0.39 is 11.5 Å². The van der Waals surface area contributed by atoms with Crippen LogP contribution in [0.25, 0.3) is 0 Å². The van der Waals surface area contributed by atoms with Gasteiger partial charge < -0.3 is 5.11 Å². The number of likely N-dealkylation sites (tertiary alicyclic amines) is 1. The van der Waals surface area contributed by atoms with Gasteiger partial charge in [-0.05, 0) is 38.8 Å². The molecule has 0 aliphatic carbocycles. The summed E-state index contributed by atoms with van der Waals surface area (Å²) in [5.74, 6) is 0.0331. The molecule has 1 aliphatic rings. The third-order valence-electron chi connectivity index (χ3n) is 3.87. The maximum absolute atomic E-state index is 11.7. The highest BCUT2D eigenvalue weighted by molar-refractivity contribution is 5.79. The number of hydrogen-bond donors (Lipinski definition) is 1. The summed E-state index contributed by atoms with van der Waals surface area (Å²) in [7, 11) is 0. The molecule has 5 nitrogen and oxygen atoms in total. The Hall–Kier alpha value is -1.49. The third kappa shape index (κ3) is 2.76. The second-order valence-corrected chi connectivity index (χ2v) is 5.21. The summed E-state index contributed by atoms with van der Waals surface area (Å²) in [6.07, 6.45) is 4.99. The van der Waals surface area contributed by atoms with Gasteiger partial charge >= 0.3 is 5.97 Å². The number of carboxylic acid groups (broad SMARTS) is 1. The van der Waals surface area contributed by atoms with Crippen LogP contribution in [0.2, 0.25) is 0 Å². The monoisotopic (exact) mass is 263 g/mol. The molecule has 5 heteroatoms. The molecule has 0 bridgehead atoms. The molecule has 0 saturated carbocycles. The number of aliphatic carboxylic acids is 1. The van der Waals surface area contributed by atoms with E-state index in [1.54, 1.807) is 6.20 Å². The fourth-order valence-corrected chi connectivity index (χ4v) is 3.00. The summed E-state index contributed by atoms with van der Waals surface area (Å²) in [6, 6.07) is 1.86. The Morgan fingerprint density at radius 1 is 1.58 bits per heavy atom. The van der Waals surface area contributed by atoms with Crippen molar-refractivity contribution in [3.8, 4) is 0 Å². The molecule has 1 fully saturated rings. The van der Waals surface area contributed by atoms with Crippen LogP contribution in [-0.4, -0.2) is 38.0 Å². The Balaban J connectivity index is 2.20. The predicted molar refractivity (Wildman–Crippen MR) is 71.7 cm³/mol. The van der Waals surface area contributed by atoms with E-state index in [-0.39, 0.29) is 0 Å². The van der Waals surface area contributed by atoms with E-state index in [4.69, 9.17) is 0 Å². The highest BCUT2D eigenvalue weighted by Crippen LogP contribution is 2.34. The van der Waals surface area contributed by atoms with Gasteiger partial charge in [0.1, 0.15) is 11.4 Å². The van der Waals surface area contributed by atoms with Crippen LogP contribution in [-0.2, 0) is 11.3 Å². The van der Waals surface area contributed by atoms with Crippen LogP contribution in [0.1, 0.15) is 44.1 Å². The van der Waals surface area contributed by atoms with Crippen LogP contribution in [0.5, 0.6) is 0 Å². The zero-order chi connectivity index (χ0) is 13.9. The standard InChI is InChI=1S/C14H21N3O2/c1-3-6-14(13(18)19)7-4-9-17(14)10-12-5-8-15-11(2)16-12/h5,8H,3-4,6-7,9-10H2,1-2H3,(H,18,19). The Kier molecular flexibility index (Phi) is 4.14. The van der Waals surface area contributed by atoms with Crippen LogP contribution in [0.4, 0.5) is 0 Å². The lowest BCUT2D eigenvalue weighted by Gasteiger charge is -2.34. The van der Waals surface area contributed by atoms with Crippen molar-refractivity contribution in [1.82, 2.24) is 14.9 Å². The van der Waals surface area contributed by atoms with Crippen molar-refractivity contribution < 1.29 is 9.90 Å². The van der Waals surface area contributed by atoms with Crippen LogP contribution in [0.3, 0.4) is 0 Å². The predicted octanol–water partition coefficient (Wildman–Crippen LogP) is 2.00. The second kappa shape index (κ2) is 5.65. The Morgan fingerprint density at radius 2 is 2.37 bits per heavy atom. The number of carbonyl (C=O) groups is 1. The van der Waals surface area contributed by atoms with Gasteiger partial charge in [-0.1, -0.05) is 13.3 Å². The molecule has 1 aromatic heterocycles. The summed E-state index contributed by atoms with van der Waals surface area (Å²) in [5, 5.41) is 9.62. The molecule has 0 aromatic carbocycles. The van der Waals surface area contributed by atoms with Crippen LogP contribution in [0, 0.1) is 6.92 Å². The molecule has 1 atom stereocenters. The normalized spacial score (nSPS) is 23.7. The van der Waals surface area contributed by atoms with Gasteiger partial charge in [0.2, 0.25) is 0 Å². The molecule has 1 unspecified atom stereocenters. The zero-order valence-electron chi connectivity index (χ0n) is 11.6. The SMILES string of the molecule is CCCC1(C(=O)O)CCCN1Cc1ccnc(C)n1. The number of hydrogen-bond acceptors (Lipinski definition) is 4. The van der Waals surface area contributed by atoms with Gasteiger partial charge in [-0.15, -0.1) is 0 Å². The lowest BCUT2D eigenvalue weighted by Crippen LogP contribution is -2.50. The number of aryl methyl sites for hydroxylation is 1. The highest BCUT2D eigenvalue weighted by Gasteiger charge is 2.46. The molecule has 0 amide bonds. The molecule has 19 heavy (non-hydrogen) atoms. The van der Waals surface area contributed by atoms with Gasteiger partial charge in [0.25, 0.3) is 0 Å². The van der Waals surface area contributed by atoms with Crippen molar-refractivity contribution in [1.29, 1.82) is 0 Å². The second-order valence-electron chi connectivity index (χ2n) is 5.21. The summed E-state index contributed by atoms with van der Waals surface area (Å²) in [5.41, 5.74) is 0.198. The average molecular weight is 263 g/mol. The van der Waals surface area contributed by atoms with E-state index in [9.17, 15) is 9.90 Å². The van der Waals surface area contributed by atoms with Gasteiger partial charge in [-0.25, -0.2) is 9.97 Å². The van der Waals surface area contributed by atoms with Crippen molar-refractivity contribution in [2.45, 2.75) is 51.6 Å². The van der Waals surface area contributed by atoms with Crippen molar-refractivity contribution >= 4 is 5.97 Å². The van der Waals surface area contributed by atoms with Gasteiger partial charge in [-0.3, -0.25) is 9.69 Å². The maximum atomic E-state index is 11.7. The molecule has 2 heterocycles. The topological polar surface area (TPSA) is 66.3 Å². The first-order valence-electron chi connectivity index (χ1n) is 6.85. The van der Waals surface area contributed by atoms with E-state index in [0.29, 0.717) is 13.0 Å². The summed E-state index contributed by atoms with van der Waals surface area (Å²) >= 11 is 0. The number of carboxylic acids is 1. The van der Waals surface area contributed by atoms with E-state index in [1.165, 1.54) is 0 Å². The Bertz CT molecular complexity index is 464. The highest BCUT2D eigenvalue weighted by atomic mass is 16.4. The number of rotatable bonds is 5. The van der Waals surface area contributed by atoms with E-state index >= 15 is 0 Å². The van der Waals surface area contributed by atoms with Gasteiger partial charge in [-0.2, -0.15) is 0 Å². The minimum absolute atomic E-state index is 0.593. The van der Waals surface area contributed by atoms with Gasteiger partial charge in [0, 0.05) is 12.7 Å². The molecule has 0 spiro atoms. The largest absolute Gasteiger partial charge is 0.480 e. The fourth-order valence-electron chi connectivity index (χ4n) is 3.00. The molecule has 1 N–H and O–H groups in total. The van der Waals surface area contributed by atoms with E-state index in [2.05, 4.69) is 14.9 Å². The van der Waals surface area contributed by atoms with Crippen molar-refractivity contribution in [2.24, 2.45) is 0 Å². The van der Waals surface area contributed by atoms with Crippen molar-refractivity contribution in [3.05, 3.63) is 23.8 Å². The van der Waals surface area contributed by atoms with Gasteiger partial charge in [0.05, 0.1) is 5.69 Å². The molecular weight excluding hydrogens is 242 g/mol. The first kappa shape index (κ1) is 13.9. The van der Waals surface area contributed by atoms with E-state index in [0.717, 1.165) is 37.3 Å². The van der Waals surface area contributed by atoms with E-state index in [1.807, 2.05) is 19.9 Å². The molecular formula is C14H21N3O2. The van der Waals surface area contributed by atoms with Crippen LogP contribution in [0.15, 0.2) is 12.3 Å². The molecule has 2 rings (SSSR count). The summed E-state index contributed by atoms with van der Waals surface area (Å²) in [4.78, 5) is 22.2. The lowest BCUT2D eigenvalue weighted by atomic mass is 9.90. The molecule has 104 valence electrons. The maximum Gasteiger partial charge on any atom is 0.324 e. The quantitative estimate of drug-likeness (QED) is 0.880.